The molecule has 1 fully saturated rings. The van der Waals surface area contributed by atoms with Crippen LogP contribution in [0.25, 0.3) is 0 Å². The molecule has 0 saturated heterocycles. The van der Waals surface area contributed by atoms with Gasteiger partial charge >= 0.3 is 0 Å². The summed E-state index contributed by atoms with van der Waals surface area (Å²) >= 11 is 5.95. The maximum Gasteiger partial charge on any atom is 0.191 e. The van der Waals surface area contributed by atoms with E-state index in [0.29, 0.717) is 6.04 Å². The molecule has 0 radical (unpaired) electrons. The number of nitrogens with zero attached hydrogens (tertiary/aromatic N) is 2. The summed E-state index contributed by atoms with van der Waals surface area (Å²) in [6.07, 6.45) is 2.49. The van der Waals surface area contributed by atoms with E-state index >= 15 is 0 Å². The zero-order valence-electron chi connectivity index (χ0n) is 12.8. The molecule has 1 saturated carbocycles. The van der Waals surface area contributed by atoms with Gasteiger partial charge in [-0.3, -0.25) is 4.99 Å². The number of rotatable bonds is 5. The second-order valence-electron chi connectivity index (χ2n) is 5.40. The summed E-state index contributed by atoms with van der Waals surface area (Å²) in [4.78, 5) is 6.46. The lowest BCUT2D eigenvalue weighted by atomic mass is 10.1. The first-order chi connectivity index (χ1) is 9.60. The van der Waals surface area contributed by atoms with Gasteiger partial charge in [0.1, 0.15) is 0 Å². The lowest BCUT2D eigenvalue weighted by Crippen LogP contribution is -2.42. The second kappa shape index (κ2) is 8.80. The summed E-state index contributed by atoms with van der Waals surface area (Å²) in [6.45, 7) is 0.807. The molecule has 1 aromatic rings. The van der Waals surface area contributed by atoms with Gasteiger partial charge in [0.25, 0.3) is 0 Å². The van der Waals surface area contributed by atoms with Crippen molar-refractivity contribution in [3.8, 4) is 0 Å². The molecule has 0 spiro atoms. The first-order valence-electron chi connectivity index (χ1n) is 6.99. The maximum absolute atomic E-state index is 5.95. The third kappa shape index (κ3) is 6.00. The molecule has 1 aromatic carbocycles. The molecule has 6 heteroatoms. The summed E-state index contributed by atoms with van der Waals surface area (Å²) in [5.41, 5.74) is 1.24. The first kappa shape index (κ1) is 18.5. The van der Waals surface area contributed by atoms with Crippen LogP contribution in [-0.4, -0.2) is 44.6 Å². The molecule has 0 amide bonds. The molecule has 118 valence electrons. The Morgan fingerprint density at radius 2 is 1.95 bits per heavy atom. The van der Waals surface area contributed by atoms with Crippen molar-refractivity contribution in [3.05, 3.63) is 34.9 Å². The Morgan fingerprint density at radius 1 is 1.33 bits per heavy atom. The Kier molecular flexibility index (Phi) is 7.76. The Labute approximate surface area is 149 Å². The fraction of sp³-hybridized carbons (Fsp3) is 0.533. The number of likely N-dealkylation sites (N-methyl/N-ethyl adjacent to an activating group) is 1. The SMILES string of the molecule is CN=C(NCC(c1ccc(Cl)cc1)N(C)C)NC1CC1.I. The lowest BCUT2D eigenvalue weighted by Gasteiger charge is -2.26. The van der Waals surface area contributed by atoms with Crippen LogP contribution in [0.3, 0.4) is 0 Å². The molecule has 1 unspecified atom stereocenters. The maximum atomic E-state index is 5.95. The molecule has 2 rings (SSSR count). The van der Waals surface area contributed by atoms with Crippen molar-refractivity contribution in [2.45, 2.75) is 24.9 Å². The van der Waals surface area contributed by atoms with Crippen LogP contribution in [-0.2, 0) is 0 Å². The average molecular weight is 423 g/mol. The van der Waals surface area contributed by atoms with Crippen molar-refractivity contribution < 1.29 is 0 Å². The van der Waals surface area contributed by atoms with Crippen molar-refractivity contribution in [3.63, 3.8) is 0 Å². The van der Waals surface area contributed by atoms with E-state index in [1.54, 1.807) is 0 Å². The fourth-order valence-electron chi connectivity index (χ4n) is 2.09. The Bertz CT molecular complexity index is 457. The Balaban J connectivity index is 0.00000220. The Hall–Kier alpha value is -0.530. The van der Waals surface area contributed by atoms with Crippen molar-refractivity contribution >= 4 is 41.5 Å². The highest BCUT2D eigenvalue weighted by molar-refractivity contribution is 14.0. The summed E-state index contributed by atoms with van der Waals surface area (Å²) in [7, 11) is 5.97. The van der Waals surface area contributed by atoms with Gasteiger partial charge in [-0.1, -0.05) is 23.7 Å². The minimum Gasteiger partial charge on any atom is -0.354 e. The molecule has 2 N–H and O–H groups in total. The first-order valence-corrected chi connectivity index (χ1v) is 7.37. The van der Waals surface area contributed by atoms with Crippen LogP contribution in [0.4, 0.5) is 0 Å². The van der Waals surface area contributed by atoms with Gasteiger partial charge < -0.3 is 15.5 Å². The average Bonchev–Trinajstić information content (AvgIpc) is 3.23. The van der Waals surface area contributed by atoms with Crippen molar-refractivity contribution in [2.24, 2.45) is 4.99 Å². The van der Waals surface area contributed by atoms with Crippen LogP contribution in [0.15, 0.2) is 29.3 Å². The molecule has 1 aliphatic carbocycles. The molecular weight excluding hydrogens is 399 g/mol. The van der Waals surface area contributed by atoms with Crippen molar-refractivity contribution in [1.29, 1.82) is 0 Å². The predicted octanol–water partition coefficient (Wildman–Crippen LogP) is 2.89. The molecule has 1 atom stereocenters. The normalized spacial score (nSPS) is 16.3. The van der Waals surface area contributed by atoms with Crippen LogP contribution in [0, 0.1) is 0 Å². The van der Waals surface area contributed by atoms with Crippen LogP contribution in [0.5, 0.6) is 0 Å². The highest BCUT2D eigenvalue weighted by Crippen LogP contribution is 2.20. The van der Waals surface area contributed by atoms with E-state index in [9.17, 15) is 0 Å². The predicted molar refractivity (Wildman–Crippen MR) is 101 cm³/mol. The monoisotopic (exact) mass is 422 g/mol. The van der Waals surface area contributed by atoms with Crippen molar-refractivity contribution in [1.82, 2.24) is 15.5 Å². The fourth-order valence-corrected chi connectivity index (χ4v) is 2.22. The molecule has 1 aliphatic rings. The third-order valence-corrected chi connectivity index (χ3v) is 3.73. The van der Waals surface area contributed by atoms with Gasteiger partial charge in [0.05, 0.1) is 6.04 Å². The number of hydrogen-bond donors (Lipinski definition) is 2. The second-order valence-corrected chi connectivity index (χ2v) is 5.84. The summed E-state index contributed by atoms with van der Waals surface area (Å²) in [5, 5.41) is 7.56. The van der Waals surface area contributed by atoms with E-state index in [4.69, 9.17) is 11.6 Å². The zero-order chi connectivity index (χ0) is 14.5. The molecule has 0 aliphatic heterocycles. The van der Waals surface area contributed by atoms with E-state index in [1.807, 2.05) is 19.2 Å². The number of guanidine groups is 1. The lowest BCUT2D eigenvalue weighted by molar-refractivity contribution is 0.298. The van der Waals surface area contributed by atoms with Crippen LogP contribution in [0.2, 0.25) is 5.02 Å². The quantitative estimate of drug-likeness (QED) is 0.435. The Morgan fingerprint density at radius 3 is 2.43 bits per heavy atom. The number of halogens is 2. The van der Waals surface area contributed by atoms with E-state index in [0.717, 1.165) is 17.5 Å². The van der Waals surface area contributed by atoms with E-state index < -0.39 is 0 Å². The standard InChI is InChI=1S/C15H23ClN4.HI/c1-17-15(19-13-8-9-13)18-10-14(20(2)3)11-4-6-12(16)7-5-11;/h4-7,13-14H,8-10H2,1-3H3,(H2,17,18,19);1H. The minimum atomic E-state index is 0. The zero-order valence-corrected chi connectivity index (χ0v) is 15.9. The van der Waals surface area contributed by atoms with Gasteiger partial charge in [-0.2, -0.15) is 0 Å². The highest BCUT2D eigenvalue weighted by Gasteiger charge is 2.22. The van der Waals surface area contributed by atoms with E-state index in [2.05, 4.69) is 46.8 Å². The molecule has 21 heavy (non-hydrogen) atoms. The van der Waals surface area contributed by atoms with Gasteiger partial charge in [0, 0.05) is 24.7 Å². The number of benzene rings is 1. The summed E-state index contributed by atoms with van der Waals surface area (Å²) in [5.74, 6) is 0.883. The van der Waals surface area contributed by atoms with Gasteiger partial charge in [0.2, 0.25) is 0 Å². The van der Waals surface area contributed by atoms with Gasteiger partial charge in [-0.15, -0.1) is 24.0 Å². The van der Waals surface area contributed by atoms with Gasteiger partial charge in [0.15, 0.2) is 5.96 Å². The largest absolute Gasteiger partial charge is 0.354 e. The number of aliphatic imine (C=N–C) groups is 1. The molecule has 0 aromatic heterocycles. The van der Waals surface area contributed by atoms with Crippen LogP contribution >= 0.6 is 35.6 Å². The number of hydrogen-bond acceptors (Lipinski definition) is 2. The van der Waals surface area contributed by atoms with Gasteiger partial charge in [-0.25, -0.2) is 0 Å². The smallest absolute Gasteiger partial charge is 0.191 e. The molecule has 4 nitrogen and oxygen atoms in total. The minimum absolute atomic E-state index is 0. The summed E-state index contributed by atoms with van der Waals surface area (Å²) < 4.78 is 0. The third-order valence-electron chi connectivity index (χ3n) is 3.48. The van der Waals surface area contributed by atoms with Crippen LogP contribution in [0.1, 0.15) is 24.4 Å². The highest BCUT2D eigenvalue weighted by atomic mass is 127. The molecule has 0 bridgehead atoms. The van der Waals surface area contributed by atoms with E-state index in [-0.39, 0.29) is 30.0 Å². The topological polar surface area (TPSA) is 39.7 Å². The van der Waals surface area contributed by atoms with Gasteiger partial charge in [-0.05, 0) is 44.6 Å². The summed E-state index contributed by atoms with van der Waals surface area (Å²) in [6, 6.07) is 8.91. The molecule has 0 heterocycles. The van der Waals surface area contributed by atoms with Crippen molar-refractivity contribution in [2.75, 3.05) is 27.7 Å². The van der Waals surface area contributed by atoms with E-state index in [1.165, 1.54) is 18.4 Å². The number of nitrogens with one attached hydrogen (secondary N) is 2. The van der Waals surface area contributed by atoms with Crippen LogP contribution < -0.4 is 10.6 Å². The molecular formula is C15H24ClIN4.